The van der Waals surface area contributed by atoms with Gasteiger partial charge in [-0.2, -0.15) is 4.99 Å². The number of nitrogens with zero attached hydrogens (tertiary/aromatic N) is 3. The van der Waals surface area contributed by atoms with Crippen molar-refractivity contribution in [2.75, 3.05) is 0 Å². The van der Waals surface area contributed by atoms with Crippen molar-refractivity contribution in [2.24, 2.45) is 16.5 Å². The van der Waals surface area contributed by atoms with Gasteiger partial charge >= 0.3 is 0 Å². The van der Waals surface area contributed by atoms with Crippen LogP contribution in [0.5, 0.6) is 0 Å². The van der Waals surface area contributed by atoms with Crippen LogP contribution in [0.2, 0.25) is 0 Å². The zero-order valence-corrected chi connectivity index (χ0v) is 8.16. The van der Waals surface area contributed by atoms with E-state index in [4.69, 9.17) is 16.9 Å². The number of guanidine groups is 1. The molecule has 0 aliphatic rings. The maximum absolute atomic E-state index is 7.34. The number of aliphatic imine (C=N–C) groups is 1. The van der Waals surface area contributed by atoms with E-state index in [0.29, 0.717) is 5.75 Å². The Morgan fingerprint density at radius 2 is 2.29 bits per heavy atom. The maximum Gasteiger partial charge on any atom is 0.193 e. The lowest BCUT2D eigenvalue weighted by Crippen LogP contribution is -2.23. The monoisotopic (exact) mass is 210 g/mol. The largest absolute Gasteiger partial charge is 0.370 e. The molecule has 0 atom stereocenters. The number of nitrogens with one attached hydrogen (secondary N) is 1. The van der Waals surface area contributed by atoms with Crippen LogP contribution in [0, 0.1) is 5.41 Å². The average molecular weight is 210 g/mol. The van der Waals surface area contributed by atoms with Crippen molar-refractivity contribution in [3.8, 4) is 0 Å². The Hall–Kier alpha value is -1.63. The second-order valence-corrected chi connectivity index (χ2v) is 3.29. The molecule has 6 nitrogen and oxygen atoms in total. The fourth-order valence-corrected chi connectivity index (χ4v) is 1.30. The molecule has 1 aromatic heterocycles. The van der Waals surface area contributed by atoms with E-state index < -0.39 is 0 Å². The van der Waals surface area contributed by atoms with E-state index in [1.807, 2.05) is 0 Å². The Morgan fingerprint density at radius 1 is 1.50 bits per heavy atom. The number of nitrogens with two attached hydrogens (primary N) is 2. The lowest BCUT2D eigenvalue weighted by molar-refractivity contribution is 1.10. The SMILES string of the molecule is N=C(N=C(N)N)SCc1cnccn1. The number of aromatic nitrogens is 2. The van der Waals surface area contributed by atoms with Crippen LogP contribution in [0.25, 0.3) is 0 Å². The molecule has 0 amide bonds. The van der Waals surface area contributed by atoms with Gasteiger partial charge in [-0.15, -0.1) is 0 Å². The third kappa shape index (κ3) is 3.85. The summed E-state index contributed by atoms with van der Waals surface area (Å²) in [6, 6.07) is 0. The highest BCUT2D eigenvalue weighted by Crippen LogP contribution is 2.10. The number of hydrogen-bond donors (Lipinski definition) is 3. The van der Waals surface area contributed by atoms with Gasteiger partial charge in [0.05, 0.1) is 5.69 Å². The van der Waals surface area contributed by atoms with Crippen LogP contribution in [-0.4, -0.2) is 21.1 Å². The second kappa shape index (κ2) is 5.18. The molecular formula is C7H10N6S. The first-order valence-electron chi connectivity index (χ1n) is 3.74. The molecule has 5 N–H and O–H groups in total. The summed E-state index contributed by atoms with van der Waals surface area (Å²) in [4.78, 5) is 11.5. The van der Waals surface area contributed by atoms with E-state index in [0.717, 1.165) is 5.69 Å². The molecule has 74 valence electrons. The van der Waals surface area contributed by atoms with Gasteiger partial charge in [0.2, 0.25) is 0 Å². The highest BCUT2D eigenvalue weighted by atomic mass is 32.2. The van der Waals surface area contributed by atoms with Crippen molar-refractivity contribution in [1.82, 2.24) is 9.97 Å². The minimum atomic E-state index is -0.110. The molecule has 14 heavy (non-hydrogen) atoms. The Balaban J connectivity index is 2.42. The van der Waals surface area contributed by atoms with Crippen LogP contribution in [0.3, 0.4) is 0 Å². The quantitative estimate of drug-likeness (QED) is 0.466. The normalized spacial score (nSPS) is 9.43. The van der Waals surface area contributed by atoms with Crippen molar-refractivity contribution in [2.45, 2.75) is 5.75 Å². The molecule has 1 aromatic rings. The number of hydrogen-bond acceptors (Lipinski definition) is 4. The van der Waals surface area contributed by atoms with Gasteiger partial charge < -0.3 is 11.5 Å². The second-order valence-electron chi connectivity index (χ2n) is 2.33. The number of amidine groups is 1. The summed E-state index contributed by atoms with van der Waals surface area (Å²) in [6.45, 7) is 0. The number of thioether (sulfide) groups is 1. The minimum absolute atomic E-state index is 0.0654. The molecule has 0 saturated carbocycles. The zero-order valence-electron chi connectivity index (χ0n) is 7.34. The predicted molar refractivity (Wildman–Crippen MR) is 56.9 cm³/mol. The van der Waals surface area contributed by atoms with Gasteiger partial charge in [0.15, 0.2) is 11.1 Å². The molecule has 0 bridgehead atoms. The third-order valence-corrected chi connectivity index (χ3v) is 2.01. The predicted octanol–water partition coefficient (Wildman–Crippen LogP) is -0.0820. The fraction of sp³-hybridized carbons (Fsp3) is 0.143. The van der Waals surface area contributed by atoms with Gasteiger partial charge in [-0.05, 0) is 0 Å². The fourth-order valence-electron chi connectivity index (χ4n) is 0.696. The van der Waals surface area contributed by atoms with Crippen molar-refractivity contribution >= 4 is 22.9 Å². The Kier molecular flexibility index (Phi) is 3.86. The van der Waals surface area contributed by atoms with Crippen molar-refractivity contribution in [3.63, 3.8) is 0 Å². The van der Waals surface area contributed by atoms with Gasteiger partial charge in [-0.25, -0.2) is 0 Å². The van der Waals surface area contributed by atoms with Crippen molar-refractivity contribution in [1.29, 1.82) is 5.41 Å². The van der Waals surface area contributed by atoms with E-state index in [9.17, 15) is 0 Å². The minimum Gasteiger partial charge on any atom is -0.370 e. The summed E-state index contributed by atoms with van der Waals surface area (Å²) < 4.78 is 0. The van der Waals surface area contributed by atoms with Gasteiger partial charge in [0.1, 0.15) is 0 Å². The van der Waals surface area contributed by atoms with Gasteiger partial charge in [-0.3, -0.25) is 15.4 Å². The van der Waals surface area contributed by atoms with Gasteiger partial charge in [0.25, 0.3) is 0 Å². The molecule has 1 rings (SSSR count). The lowest BCUT2D eigenvalue weighted by atomic mass is 10.5. The van der Waals surface area contributed by atoms with Crippen molar-refractivity contribution < 1.29 is 0 Å². The standard InChI is InChI=1S/C7H10N6S/c8-6(9)13-7(10)14-4-5-3-11-1-2-12-5/h1-3H,4H2,(H5,8,9,10,13). The lowest BCUT2D eigenvalue weighted by Gasteiger charge is -1.98. The molecule has 0 spiro atoms. The highest BCUT2D eigenvalue weighted by Gasteiger charge is 1.98. The average Bonchev–Trinajstić information content (AvgIpc) is 2.15. The molecule has 0 unspecified atom stereocenters. The summed E-state index contributed by atoms with van der Waals surface area (Å²) in [5.74, 6) is 0.422. The third-order valence-electron chi connectivity index (χ3n) is 1.20. The van der Waals surface area contributed by atoms with E-state index in [1.54, 1.807) is 18.6 Å². The molecule has 0 fully saturated rings. The van der Waals surface area contributed by atoms with E-state index in [2.05, 4.69) is 15.0 Å². The van der Waals surface area contributed by atoms with Crippen LogP contribution in [0.4, 0.5) is 0 Å². The Bertz CT molecular complexity index is 331. The van der Waals surface area contributed by atoms with Gasteiger partial charge in [-0.1, -0.05) is 11.8 Å². The summed E-state index contributed by atoms with van der Waals surface area (Å²) in [5, 5.41) is 7.40. The summed E-state index contributed by atoms with van der Waals surface area (Å²) in [6.07, 6.45) is 4.82. The van der Waals surface area contributed by atoms with Crippen molar-refractivity contribution in [3.05, 3.63) is 24.3 Å². The molecular weight excluding hydrogens is 200 g/mol. The number of rotatable bonds is 2. The first-order valence-corrected chi connectivity index (χ1v) is 4.73. The van der Waals surface area contributed by atoms with Crippen LogP contribution < -0.4 is 11.5 Å². The van der Waals surface area contributed by atoms with E-state index in [1.165, 1.54) is 11.8 Å². The Morgan fingerprint density at radius 3 is 2.86 bits per heavy atom. The molecule has 1 heterocycles. The summed E-state index contributed by atoms with van der Waals surface area (Å²) in [5.41, 5.74) is 11.0. The molecule has 0 aliphatic heterocycles. The highest BCUT2D eigenvalue weighted by molar-refractivity contribution is 8.13. The molecule has 0 saturated heterocycles. The summed E-state index contributed by atoms with van der Waals surface area (Å²) in [7, 11) is 0. The molecule has 0 aromatic carbocycles. The first-order chi connectivity index (χ1) is 6.68. The van der Waals surface area contributed by atoms with Gasteiger partial charge in [0, 0.05) is 24.3 Å². The first kappa shape index (κ1) is 10.5. The maximum atomic E-state index is 7.34. The smallest absolute Gasteiger partial charge is 0.193 e. The van der Waals surface area contributed by atoms with Crippen LogP contribution >= 0.6 is 11.8 Å². The Labute approximate surface area is 85.3 Å². The topological polar surface area (TPSA) is 114 Å². The molecule has 7 heteroatoms. The zero-order chi connectivity index (χ0) is 10.4. The van der Waals surface area contributed by atoms with Crippen LogP contribution in [0.15, 0.2) is 23.6 Å². The molecule has 0 radical (unpaired) electrons. The summed E-state index contributed by atoms with van der Waals surface area (Å²) >= 11 is 1.19. The van der Waals surface area contributed by atoms with Crippen LogP contribution in [0.1, 0.15) is 5.69 Å². The van der Waals surface area contributed by atoms with E-state index >= 15 is 0 Å². The molecule has 0 aliphatic carbocycles. The van der Waals surface area contributed by atoms with Crippen LogP contribution in [-0.2, 0) is 5.75 Å². The van der Waals surface area contributed by atoms with E-state index in [-0.39, 0.29) is 11.1 Å².